The van der Waals surface area contributed by atoms with Crippen LogP contribution in [0.15, 0.2) is 54.6 Å². The van der Waals surface area contributed by atoms with Crippen LogP contribution >= 0.6 is 11.8 Å². The first kappa shape index (κ1) is 17.8. The average molecular weight is 380 g/mol. The number of rotatable bonds is 4. The van der Waals surface area contributed by atoms with Crippen LogP contribution in [0, 0.1) is 0 Å². The monoisotopic (exact) mass is 380 g/mol. The third-order valence-electron chi connectivity index (χ3n) is 5.19. The lowest BCUT2D eigenvalue weighted by atomic mass is 10.0. The summed E-state index contributed by atoms with van der Waals surface area (Å²) in [4.78, 5) is 38.5. The molecular weight excluding hydrogens is 360 g/mol. The molecular formula is C21H20N2O3S. The Morgan fingerprint density at radius 3 is 2.67 bits per heavy atom. The number of ketones is 1. The molecule has 2 aliphatic heterocycles. The number of thioether (sulfide) groups is 1. The number of nitrogens with zero attached hydrogens (tertiary/aromatic N) is 1. The van der Waals surface area contributed by atoms with Crippen molar-refractivity contribution in [3.05, 3.63) is 65.7 Å². The molecule has 2 aromatic carbocycles. The van der Waals surface area contributed by atoms with E-state index in [1.165, 1.54) is 6.92 Å². The van der Waals surface area contributed by atoms with E-state index in [4.69, 9.17) is 0 Å². The summed E-state index contributed by atoms with van der Waals surface area (Å²) in [6.07, 6.45) is 1.16. The van der Waals surface area contributed by atoms with Gasteiger partial charge in [0.1, 0.15) is 10.9 Å². The van der Waals surface area contributed by atoms with Crippen molar-refractivity contribution in [2.45, 2.75) is 30.7 Å². The molecule has 0 unspecified atom stereocenters. The maximum absolute atomic E-state index is 13.0. The summed E-state index contributed by atoms with van der Waals surface area (Å²) >= 11 is 1.66. The van der Waals surface area contributed by atoms with Gasteiger partial charge in [0.05, 0.1) is 0 Å². The fourth-order valence-electron chi connectivity index (χ4n) is 3.88. The molecule has 0 radical (unpaired) electrons. The molecule has 5 nitrogen and oxygen atoms in total. The highest BCUT2D eigenvalue weighted by Crippen LogP contribution is 2.54. The van der Waals surface area contributed by atoms with Crippen molar-refractivity contribution in [2.24, 2.45) is 0 Å². The van der Waals surface area contributed by atoms with Crippen molar-refractivity contribution >= 4 is 35.0 Å². The predicted octanol–water partition coefficient (Wildman–Crippen LogP) is 3.42. The summed E-state index contributed by atoms with van der Waals surface area (Å²) in [6, 6.07) is 16.3. The van der Waals surface area contributed by atoms with Gasteiger partial charge in [0.2, 0.25) is 11.8 Å². The van der Waals surface area contributed by atoms with E-state index in [1.54, 1.807) is 40.9 Å². The van der Waals surface area contributed by atoms with Crippen molar-refractivity contribution < 1.29 is 14.4 Å². The minimum atomic E-state index is -0.522. The molecule has 4 rings (SSSR count). The Kier molecular flexibility index (Phi) is 4.52. The number of carbonyl (C=O) groups excluding carboxylic acids is 3. The molecule has 1 N–H and O–H groups in total. The fraction of sp³-hybridized carbons (Fsp3) is 0.286. The summed E-state index contributed by atoms with van der Waals surface area (Å²) < 4.78 is 0. The standard InChI is InChI=1S/C21H20N2O3S/c1-14(24)15-6-5-9-17(12-15)22-20(26)18-13-27-21(11-10-19(25)23(18)21)16-7-3-2-4-8-16/h2-9,12,18H,10-11,13H2,1H3,(H,22,26)/t18-,21-/m1/s1. The second-order valence-electron chi connectivity index (χ2n) is 6.87. The highest BCUT2D eigenvalue weighted by atomic mass is 32.2. The van der Waals surface area contributed by atoms with E-state index in [-0.39, 0.29) is 17.6 Å². The number of benzene rings is 2. The topological polar surface area (TPSA) is 66.5 Å². The minimum absolute atomic E-state index is 0.0153. The van der Waals surface area contributed by atoms with Crippen molar-refractivity contribution in [1.82, 2.24) is 4.90 Å². The second kappa shape index (κ2) is 6.85. The van der Waals surface area contributed by atoms with Gasteiger partial charge < -0.3 is 10.2 Å². The molecule has 2 atom stereocenters. The van der Waals surface area contributed by atoms with Crippen molar-refractivity contribution in [3.8, 4) is 0 Å². The predicted molar refractivity (Wildman–Crippen MR) is 106 cm³/mol. The number of carbonyl (C=O) groups is 3. The van der Waals surface area contributed by atoms with Crippen molar-refractivity contribution in [1.29, 1.82) is 0 Å². The molecule has 2 heterocycles. The normalized spacial score (nSPS) is 24.0. The molecule has 2 aliphatic rings. The van der Waals surface area contributed by atoms with Gasteiger partial charge in [-0.3, -0.25) is 14.4 Å². The van der Waals surface area contributed by atoms with Crippen molar-refractivity contribution in [2.75, 3.05) is 11.1 Å². The van der Waals surface area contributed by atoms with Crippen LogP contribution in [0.4, 0.5) is 5.69 Å². The minimum Gasteiger partial charge on any atom is -0.324 e. The number of Topliss-reactive ketones (excluding diaryl/α,β-unsaturated/α-hetero) is 1. The first-order valence-electron chi connectivity index (χ1n) is 8.95. The zero-order valence-electron chi connectivity index (χ0n) is 15.0. The Morgan fingerprint density at radius 2 is 1.93 bits per heavy atom. The Bertz CT molecular complexity index is 915. The number of nitrogens with one attached hydrogen (secondary N) is 1. The Morgan fingerprint density at radius 1 is 1.15 bits per heavy atom. The molecule has 0 spiro atoms. The zero-order valence-corrected chi connectivity index (χ0v) is 15.8. The molecule has 0 saturated carbocycles. The van der Waals surface area contributed by atoms with E-state index < -0.39 is 10.9 Å². The highest BCUT2D eigenvalue weighted by Gasteiger charge is 2.56. The molecule has 2 saturated heterocycles. The van der Waals surface area contributed by atoms with Crippen LogP contribution in [0.2, 0.25) is 0 Å². The van der Waals surface area contributed by atoms with Crippen LogP contribution in [0.25, 0.3) is 0 Å². The lowest BCUT2D eigenvalue weighted by Crippen LogP contribution is -2.48. The summed E-state index contributed by atoms with van der Waals surface area (Å²) in [5, 5.41) is 2.88. The quantitative estimate of drug-likeness (QED) is 0.826. The largest absolute Gasteiger partial charge is 0.324 e. The van der Waals surface area contributed by atoms with E-state index in [2.05, 4.69) is 5.32 Å². The van der Waals surface area contributed by atoms with Gasteiger partial charge in [0.25, 0.3) is 0 Å². The highest BCUT2D eigenvalue weighted by molar-refractivity contribution is 8.00. The Hall–Kier alpha value is -2.60. The lowest BCUT2D eigenvalue weighted by molar-refractivity contribution is -0.136. The molecule has 2 fully saturated rings. The van der Waals surface area contributed by atoms with Crippen LogP contribution in [0.1, 0.15) is 35.7 Å². The number of hydrogen-bond donors (Lipinski definition) is 1. The maximum Gasteiger partial charge on any atom is 0.248 e. The van der Waals surface area contributed by atoms with Gasteiger partial charge in [-0.1, -0.05) is 42.5 Å². The fourth-order valence-corrected chi connectivity index (χ4v) is 5.53. The Labute approximate surface area is 162 Å². The van der Waals surface area contributed by atoms with Crippen LogP contribution in [-0.2, 0) is 14.5 Å². The molecule has 0 aromatic heterocycles. The molecule has 2 aromatic rings. The van der Waals surface area contributed by atoms with Gasteiger partial charge >= 0.3 is 0 Å². The van der Waals surface area contributed by atoms with E-state index in [9.17, 15) is 14.4 Å². The summed E-state index contributed by atoms with van der Waals surface area (Å²) in [5.74, 6) is 0.303. The number of hydrogen-bond acceptors (Lipinski definition) is 4. The molecule has 27 heavy (non-hydrogen) atoms. The van der Waals surface area contributed by atoms with Gasteiger partial charge in [-0.15, -0.1) is 11.8 Å². The van der Waals surface area contributed by atoms with E-state index >= 15 is 0 Å². The second-order valence-corrected chi connectivity index (χ2v) is 8.16. The SMILES string of the molecule is CC(=O)c1cccc(NC(=O)[C@H]2CS[C@@]3(c4ccccc4)CCC(=O)N23)c1. The first-order chi connectivity index (χ1) is 13.0. The van der Waals surface area contributed by atoms with Gasteiger partial charge in [-0.25, -0.2) is 0 Å². The van der Waals surface area contributed by atoms with E-state index in [0.717, 1.165) is 5.56 Å². The first-order valence-corrected chi connectivity index (χ1v) is 9.93. The number of anilines is 1. The maximum atomic E-state index is 13.0. The van der Waals surface area contributed by atoms with Crippen LogP contribution in [0.5, 0.6) is 0 Å². The van der Waals surface area contributed by atoms with Gasteiger partial charge in [-0.05, 0) is 31.0 Å². The molecule has 0 aliphatic carbocycles. The van der Waals surface area contributed by atoms with Crippen LogP contribution < -0.4 is 5.32 Å². The van der Waals surface area contributed by atoms with Crippen molar-refractivity contribution in [3.63, 3.8) is 0 Å². The van der Waals surface area contributed by atoms with Gasteiger partial charge in [-0.2, -0.15) is 0 Å². The molecule has 0 bridgehead atoms. The third-order valence-corrected chi connectivity index (χ3v) is 6.79. The molecule has 138 valence electrons. The van der Waals surface area contributed by atoms with E-state index in [0.29, 0.717) is 29.8 Å². The number of amides is 2. The van der Waals surface area contributed by atoms with E-state index in [1.807, 2.05) is 30.3 Å². The summed E-state index contributed by atoms with van der Waals surface area (Å²) in [7, 11) is 0. The third kappa shape index (κ3) is 3.04. The van der Waals surface area contributed by atoms with Gasteiger partial charge in [0.15, 0.2) is 5.78 Å². The lowest BCUT2D eigenvalue weighted by Gasteiger charge is -2.34. The van der Waals surface area contributed by atoms with Crippen LogP contribution in [-0.4, -0.2) is 34.3 Å². The zero-order chi connectivity index (χ0) is 19.0. The molecule has 6 heteroatoms. The number of fused-ring (bicyclic) bond motifs is 1. The smallest absolute Gasteiger partial charge is 0.248 e. The van der Waals surface area contributed by atoms with Gasteiger partial charge in [0, 0.05) is 23.4 Å². The molecule has 2 amide bonds. The summed E-state index contributed by atoms with van der Waals surface area (Å²) in [5.41, 5.74) is 2.18. The summed E-state index contributed by atoms with van der Waals surface area (Å²) in [6.45, 7) is 1.49. The average Bonchev–Trinajstić information content (AvgIpc) is 3.22. The van der Waals surface area contributed by atoms with Crippen LogP contribution in [0.3, 0.4) is 0 Å². The Balaban J connectivity index is 1.59.